The molecule has 0 aliphatic heterocycles. The van der Waals surface area contributed by atoms with Crippen LogP contribution in [0.15, 0.2) is 16.5 Å². The van der Waals surface area contributed by atoms with E-state index in [0.29, 0.717) is 0 Å². The number of carboxylic acids is 1. The summed E-state index contributed by atoms with van der Waals surface area (Å²) in [6.07, 6.45) is 3.83. The van der Waals surface area contributed by atoms with Crippen LogP contribution in [0.25, 0.3) is 0 Å². The summed E-state index contributed by atoms with van der Waals surface area (Å²) in [7, 11) is -1.46. The van der Waals surface area contributed by atoms with Crippen molar-refractivity contribution in [2.24, 2.45) is 0 Å². The largest absolute Gasteiger partial charge is 0.475 e. The van der Waals surface area contributed by atoms with E-state index in [-0.39, 0.29) is 29.1 Å². The molecule has 1 heterocycles. The molecule has 1 fully saturated rings. The number of hydrogen-bond donors (Lipinski definition) is 1. The molecule has 2 rings (SSSR count). The van der Waals surface area contributed by atoms with Gasteiger partial charge in [-0.3, -0.25) is 9.00 Å². The van der Waals surface area contributed by atoms with Crippen molar-refractivity contribution in [1.82, 2.24) is 0 Å². The Morgan fingerprint density at radius 2 is 2.05 bits per heavy atom. The molecule has 110 valence electrons. The molecular formula is C13H16O6S. The highest BCUT2D eigenvalue weighted by atomic mass is 32.2. The number of carboxylic acid groups (broad SMARTS) is 1. The van der Waals surface area contributed by atoms with Crippen molar-refractivity contribution in [1.29, 1.82) is 0 Å². The number of esters is 1. The van der Waals surface area contributed by atoms with Gasteiger partial charge in [-0.05, 0) is 37.8 Å². The number of carbonyl (C=O) groups excluding carboxylic acids is 1. The summed E-state index contributed by atoms with van der Waals surface area (Å²) in [4.78, 5) is 22.2. The lowest BCUT2D eigenvalue weighted by atomic mass is 10.3. The maximum absolute atomic E-state index is 11.8. The van der Waals surface area contributed by atoms with E-state index in [4.69, 9.17) is 14.3 Å². The quantitative estimate of drug-likeness (QED) is 0.804. The average Bonchev–Trinajstić information content (AvgIpc) is 2.99. The molecule has 0 bridgehead atoms. The number of aromatic carboxylic acids is 1. The zero-order valence-corrected chi connectivity index (χ0v) is 11.7. The van der Waals surface area contributed by atoms with Crippen LogP contribution in [-0.4, -0.2) is 33.1 Å². The molecule has 20 heavy (non-hydrogen) atoms. The number of ether oxygens (including phenoxy) is 1. The number of rotatable bonds is 6. The van der Waals surface area contributed by atoms with Gasteiger partial charge in [0.2, 0.25) is 5.76 Å². The van der Waals surface area contributed by atoms with E-state index in [1.165, 1.54) is 12.1 Å². The van der Waals surface area contributed by atoms with Crippen LogP contribution in [0.3, 0.4) is 0 Å². The summed E-state index contributed by atoms with van der Waals surface area (Å²) in [5.41, 5.74) is 0. The smallest absolute Gasteiger partial charge is 0.371 e. The number of furan rings is 1. The van der Waals surface area contributed by atoms with Crippen molar-refractivity contribution in [2.75, 3.05) is 5.75 Å². The standard InChI is InChI=1S/C13H16O6S/c14-12(19-9-3-1-2-4-9)8-20(17)7-10-5-6-11(18-10)13(15)16/h5-6,9H,1-4,7-8H2,(H,15,16). The monoisotopic (exact) mass is 300 g/mol. The Bertz CT molecular complexity index is 515. The van der Waals surface area contributed by atoms with E-state index < -0.39 is 22.7 Å². The van der Waals surface area contributed by atoms with Gasteiger partial charge in [-0.2, -0.15) is 0 Å². The van der Waals surface area contributed by atoms with E-state index in [0.717, 1.165) is 25.7 Å². The number of hydrogen-bond acceptors (Lipinski definition) is 5. The topological polar surface area (TPSA) is 93.8 Å². The molecule has 6 nitrogen and oxygen atoms in total. The third-order valence-electron chi connectivity index (χ3n) is 3.05. The Kier molecular flexibility index (Phi) is 4.94. The number of carbonyl (C=O) groups is 2. The van der Waals surface area contributed by atoms with Gasteiger partial charge in [-0.25, -0.2) is 4.79 Å². The first-order valence-corrected chi connectivity index (χ1v) is 7.90. The molecule has 1 aliphatic carbocycles. The molecule has 1 aliphatic rings. The molecule has 0 saturated heterocycles. The third-order valence-corrected chi connectivity index (χ3v) is 4.22. The minimum absolute atomic E-state index is 0.00699. The molecule has 1 atom stereocenters. The lowest BCUT2D eigenvalue weighted by molar-refractivity contribution is -0.145. The summed E-state index contributed by atoms with van der Waals surface area (Å²) in [6, 6.07) is 2.75. The third kappa shape index (κ3) is 4.19. The van der Waals surface area contributed by atoms with Crippen LogP contribution in [0.5, 0.6) is 0 Å². The molecule has 1 N–H and O–H groups in total. The van der Waals surface area contributed by atoms with E-state index in [1.54, 1.807) is 0 Å². The van der Waals surface area contributed by atoms with Crippen LogP contribution < -0.4 is 0 Å². The highest BCUT2D eigenvalue weighted by Gasteiger charge is 2.21. The Labute approximate surface area is 118 Å². The van der Waals surface area contributed by atoms with Crippen LogP contribution >= 0.6 is 0 Å². The predicted octanol–water partition coefficient (Wildman–Crippen LogP) is 1.71. The molecule has 1 aromatic rings. The van der Waals surface area contributed by atoms with E-state index in [9.17, 15) is 13.8 Å². The van der Waals surface area contributed by atoms with Crippen molar-refractivity contribution in [2.45, 2.75) is 37.5 Å². The van der Waals surface area contributed by atoms with Gasteiger partial charge in [0.05, 0.1) is 5.75 Å². The van der Waals surface area contributed by atoms with Gasteiger partial charge in [0, 0.05) is 10.8 Å². The zero-order valence-electron chi connectivity index (χ0n) is 10.9. The van der Waals surface area contributed by atoms with Crippen LogP contribution in [0.1, 0.15) is 42.0 Å². The van der Waals surface area contributed by atoms with E-state index >= 15 is 0 Å². The SMILES string of the molecule is O=C(CS(=O)Cc1ccc(C(=O)O)o1)OC1CCCC1. The normalized spacial score (nSPS) is 17.0. The Morgan fingerprint density at radius 3 is 2.65 bits per heavy atom. The molecule has 0 aromatic carbocycles. The highest BCUT2D eigenvalue weighted by Crippen LogP contribution is 2.21. The molecule has 0 amide bonds. The lowest BCUT2D eigenvalue weighted by Gasteiger charge is -2.10. The van der Waals surface area contributed by atoms with Crippen molar-refractivity contribution in [3.8, 4) is 0 Å². The van der Waals surface area contributed by atoms with Gasteiger partial charge in [0.1, 0.15) is 17.6 Å². The first-order chi connectivity index (χ1) is 9.54. The summed E-state index contributed by atoms with van der Waals surface area (Å²) in [5.74, 6) is -1.75. The van der Waals surface area contributed by atoms with Gasteiger partial charge in [-0.15, -0.1) is 0 Å². The summed E-state index contributed by atoms with van der Waals surface area (Å²) >= 11 is 0. The molecule has 0 radical (unpaired) electrons. The van der Waals surface area contributed by atoms with Crippen molar-refractivity contribution in [3.63, 3.8) is 0 Å². The first kappa shape index (κ1) is 14.8. The maximum Gasteiger partial charge on any atom is 0.371 e. The Morgan fingerprint density at radius 1 is 1.35 bits per heavy atom. The fourth-order valence-corrected chi connectivity index (χ4v) is 3.04. The van der Waals surface area contributed by atoms with Crippen LogP contribution in [-0.2, 0) is 26.1 Å². The molecule has 1 aromatic heterocycles. The minimum Gasteiger partial charge on any atom is -0.475 e. The van der Waals surface area contributed by atoms with Crippen LogP contribution in [0, 0.1) is 0 Å². The summed E-state index contributed by atoms with van der Waals surface area (Å²) in [5, 5.41) is 8.69. The second kappa shape index (κ2) is 6.69. The van der Waals surface area contributed by atoms with Crippen LogP contribution in [0.2, 0.25) is 0 Å². The van der Waals surface area contributed by atoms with Gasteiger partial charge < -0.3 is 14.3 Å². The molecule has 7 heteroatoms. The maximum atomic E-state index is 11.8. The van der Waals surface area contributed by atoms with Gasteiger partial charge in [0.15, 0.2) is 0 Å². The van der Waals surface area contributed by atoms with Gasteiger partial charge >= 0.3 is 11.9 Å². The predicted molar refractivity (Wildman–Crippen MR) is 70.7 cm³/mol. The lowest BCUT2D eigenvalue weighted by Crippen LogP contribution is -2.20. The summed E-state index contributed by atoms with van der Waals surface area (Å²) in [6.45, 7) is 0. The second-order valence-electron chi connectivity index (χ2n) is 4.70. The van der Waals surface area contributed by atoms with E-state index in [1.807, 2.05) is 0 Å². The van der Waals surface area contributed by atoms with E-state index in [2.05, 4.69) is 0 Å². The molecule has 1 unspecified atom stereocenters. The van der Waals surface area contributed by atoms with Crippen molar-refractivity contribution >= 4 is 22.7 Å². The average molecular weight is 300 g/mol. The molecule has 1 saturated carbocycles. The fraction of sp³-hybridized carbons (Fsp3) is 0.538. The highest BCUT2D eigenvalue weighted by molar-refractivity contribution is 7.84. The second-order valence-corrected chi connectivity index (χ2v) is 6.15. The zero-order chi connectivity index (χ0) is 14.5. The Balaban J connectivity index is 1.78. The fourth-order valence-electron chi connectivity index (χ4n) is 2.14. The summed E-state index contributed by atoms with van der Waals surface area (Å²) < 4.78 is 22.0. The minimum atomic E-state index is -1.46. The molecule has 0 spiro atoms. The van der Waals surface area contributed by atoms with Crippen molar-refractivity contribution < 1.29 is 28.1 Å². The van der Waals surface area contributed by atoms with Crippen LogP contribution in [0.4, 0.5) is 0 Å². The van der Waals surface area contributed by atoms with Gasteiger partial charge in [0.25, 0.3) is 0 Å². The molecular weight excluding hydrogens is 284 g/mol. The first-order valence-electron chi connectivity index (χ1n) is 6.41. The van der Waals surface area contributed by atoms with Gasteiger partial charge in [-0.1, -0.05) is 0 Å². The van der Waals surface area contributed by atoms with Crippen molar-refractivity contribution in [3.05, 3.63) is 23.7 Å². The Hall–Kier alpha value is -1.63.